The molecule has 2 nitrogen and oxygen atoms in total. The van der Waals surface area contributed by atoms with E-state index in [1.165, 1.54) is 0 Å². The Morgan fingerprint density at radius 3 is 2.00 bits per heavy atom. The van der Waals surface area contributed by atoms with E-state index in [1.807, 2.05) is 12.1 Å². The summed E-state index contributed by atoms with van der Waals surface area (Å²) in [6.07, 6.45) is 5.09. The molecule has 0 N–H and O–H groups in total. The minimum atomic E-state index is -1.02. The van der Waals surface area contributed by atoms with Gasteiger partial charge >= 0.3 is 0 Å². The largest absolute Gasteiger partial charge is 0.204 e. The lowest BCUT2D eigenvalue weighted by Crippen LogP contribution is -2.12. The monoisotopic (exact) mass is 230 g/mol. The Morgan fingerprint density at radius 1 is 1.44 bits per heavy atom. The minimum absolute atomic E-state index is 0.181. The fourth-order valence-corrected chi connectivity index (χ4v) is 0.465. The van der Waals surface area contributed by atoms with Crippen LogP contribution >= 0.6 is 22.6 Å². The van der Waals surface area contributed by atoms with E-state index >= 15 is 0 Å². The second-order valence-corrected chi connectivity index (χ2v) is 3.25. The lowest BCUT2D eigenvalue weighted by molar-refractivity contribution is 0.982. The number of halogens is 1. The van der Waals surface area contributed by atoms with Crippen LogP contribution in [0, 0.1) is 35.0 Å². The number of nitriles is 2. The maximum atomic E-state index is 8.34. The fourth-order valence-electron chi connectivity index (χ4n) is 0.245. The standard InChI is InChI=1S/C6H3IN2/c1-2-3-6(7,4-8)5-9/h1H,3H2. The quantitative estimate of drug-likeness (QED) is 0.386. The van der Waals surface area contributed by atoms with Crippen molar-refractivity contribution in [3.8, 4) is 24.5 Å². The summed E-state index contributed by atoms with van der Waals surface area (Å²) in [6.45, 7) is 0. The summed E-state index contributed by atoms with van der Waals surface area (Å²) in [5, 5.41) is 16.7. The van der Waals surface area contributed by atoms with Crippen molar-refractivity contribution < 1.29 is 0 Å². The van der Waals surface area contributed by atoms with Crippen LogP contribution in [0.15, 0.2) is 0 Å². The molecular weight excluding hydrogens is 227 g/mol. The maximum absolute atomic E-state index is 8.34. The van der Waals surface area contributed by atoms with Gasteiger partial charge in [-0.05, 0) is 22.6 Å². The van der Waals surface area contributed by atoms with Gasteiger partial charge in [0, 0.05) is 0 Å². The van der Waals surface area contributed by atoms with Crippen LogP contribution in [0.1, 0.15) is 6.42 Å². The van der Waals surface area contributed by atoms with Crippen LogP contribution in [0.4, 0.5) is 0 Å². The molecule has 0 spiro atoms. The van der Waals surface area contributed by atoms with E-state index in [1.54, 1.807) is 22.6 Å². The van der Waals surface area contributed by atoms with Gasteiger partial charge in [-0.1, -0.05) is 0 Å². The topological polar surface area (TPSA) is 47.6 Å². The molecule has 0 atom stereocenters. The van der Waals surface area contributed by atoms with Crippen LogP contribution in [0.3, 0.4) is 0 Å². The first-order chi connectivity index (χ1) is 4.18. The summed E-state index contributed by atoms with van der Waals surface area (Å²) in [5.74, 6) is 2.26. The first kappa shape index (κ1) is 8.27. The Morgan fingerprint density at radius 2 is 1.89 bits per heavy atom. The van der Waals surface area contributed by atoms with Crippen LogP contribution in [0.2, 0.25) is 0 Å². The zero-order chi connectivity index (χ0) is 7.33. The molecule has 0 amide bonds. The molecule has 3 heteroatoms. The van der Waals surface area contributed by atoms with E-state index in [-0.39, 0.29) is 6.42 Å². The predicted molar refractivity (Wildman–Crippen MR) is 41.4 cm³/mol. The van der Waals surface area contributed by atoms with Crippen molar-refractivity contribution in [2.45, 2.75) is 9.84 Å². The smallest absolute Gasteiger partial charge is 0.196 e. The van der Waals surface area contributed by atoms with E-state index < -0.39 is 3.42 Å². The molecule has 0 radical (unpaired) electrons. The van der Waals surface area contributed by atoms with Crippen LogP contribution in [-0.4, -0.2) is 3.42 Å². The van der Waals surface area contributed by atoms with Gasteiger partial charge in [0.15, 0.2) is 0 Å². The number of hydrogen-bond donors (Lipinski definition) is 0. The first-order valence-corrected chi connectivity index (χ1v) is 3.21. The van der Waals surface area contributed by atoms with Crippen molar-refractivity contribution in [2.75, 3.05) is 0 Å². The average molecular weight is 230 g/mol. The van der Waals surface area contributed by atoms with E-state index in [4.69, 9.17) is 16.9 Å². The van der Waals surface area contributed by atoms with E-state index in [0.29, 0.717) is 0 Å². The SMILES string of the molecule is C#CCC(I)(C#N)C#N. The third-order valence-corrected chi connectivity index (χ3v) is 1.56. The molecular formula is C6H3IN2. The second-order valence-electron chi connectivity index (χ2n) is 1.41. The van der Waals surface area contributed by atoms with E-state index in [2.05, 4.69) is 5.92 Å². The Hall–Kier alpha value is -0.730. The molecule has 0 aliphatic heterocycles. The van der Waals surface area contributed by atoms with Crippen molar-refractivity contribution >= 4 is 22.6 Å². The van der Waals surface area contributed by atoms with Gasteiger partial charge in [-0.25, -0.2) is 0 Å². The van der Waals surface area contributed by atoms with Crippen molar-refractivity contribution in [1.29, 1.82) is 10.5 Å². The van der Waals surface area contributed by atoms with Crippen LogP contribution < -0.4 is 0 Å². The summed E-state index contributed by atoms with van der Waals surface area (Å²) < 4.78 is -1.02. The summed E-state index contributed by atoms with van der Waals surface area (Å²) in [7, 11) is 0. The summed E-state index contributed by atoms with van der Waals surface area (Å²) in [5.41, 5.74) is 0. The average Bonchev–Trinajstić information content (AvgIpc) is 1.89. The predicted octanol–water partition coefficient (Wildman–Crippen LogP) is 1.23. The summed E-state index contributed by atoms with van der Waals surface area (Å²) in [4.78, 5) is 0. The lowest BCUT2D eigenvalue weighted by Gasteiger charge is -2.01. The molecule has 0 heterocycles. The third-order valence-electron chi connectivity index (χ3n) is 0.700. The summed E-state index contributed by atoms with van der Waals surface area (Å²) >= 11 is 1.74. The van der Waals surface area contributed by atoms with Gasteiger partial charge in [0.2, 0.25) is 3.42 Å². The van der Waals surface area contributed by atoms with Gasteiger partial charge in [0.25, 0.3) is 0 Å². The van der Waals surface area contributed by atoms with Crippen molar-refractivity contribution in [1.82, 2.24) is 0 Å². The Balaban J connectivity index is 4.24. The van der Waals surface area contributed by atoms with Gasteiger partial charge in [0.1, 0.15) is 0 Å². The Bertz CT molecular complexity index is 199. The van der Waals surface area contributed by atoms with Crippen molar-refractivity contribution in [3.63, 3.8) is 0 Å². The molecule has 0 bridgehead atoms. The third kappa shape index (κ3) is 2.35. The molecule has 0 fully saturated rings. The molecule has 0 saturated heterocycles. The highest BCUT2D eigenvalue weighted by Crippen LogP contribution is 2.19. The molecule has 0 saturated carbocycles. The molecule has 0 aromatic heterocycles. The van der Waals surface area contributed by atoms with Crippen LogP contribution in [0.25, 0.3) is 0 Å². The lowest BCUT2D eigenvalue weighted by atomic mass is 10.1. The Labute approximate surface area is 67.6 Å². The Kier molecular flexibility index (Phi) is 3.06. The molecule has 0 rings (SSSR count). The highest BCUT2D eigenvalue weighted by atomic mass is 127. The van der Waals surface area contributed by atoms with E-state index in [0.717, 1.165) is 0 Å². The van der Waals surface area contributed by atoms with Crippen LogP contribution in [0.5, 0.6) is 0 Å². The van der Waals surface area contributed by atoms with E-state index in [9.17, 15) is 0 Å². The number of terminal acetylenes is 1. The number of alkyl halides is 1. The van der Waals surface area contributed by atoms with Crippen LogP contribution in [-0.2, 0) is 0 Å². The van der Waals surface area contributed by atoms with Crippen molar-refractivity contribution in [3.05, 3.63) is 0 Å². The van der Waals surface area contributed by atoms with Gasteiger partial charge in [-0.15, -0.1) is 12.3 Å². The molecule has 0 unspecified atom stereocenters. The fraction of sp³-hybridized carbons (Fsp3) is 0.333. The van der Waals surface area contributed by atoms with Gasteiger partial charge in [-0.3, -0.25) is 0 Å². The maximum Gasteiger partial charge on any atom is 0.204 e. The van der Waals surface area contributed by atoms with Gasteiger partial charge < -0.3 is 0 Å². The number of rotatable bonds is 1. The summed E-state index contributed by atoms with van der Waals surface area (Å²) in [6, 6.07) is 3.62. The first-order valence-electron chi connectivity index (χ1n) is 2.13. The highest BCUT2D eigenvalue weighted by molar-refractivity contribution is 14.1. The molecule has 0 aromatic carbocycles. The van der Waals surface area contributed by atoms with Crippen molar-refractivity contribution in [2.24, 2.45) is 0 Å². The van der Waals surface area contributed by atoms with Gasteiger partial charge in [0.05, 0.1) is 18.6 Å². The van der Waals surface area contributed by atoms with Gasteiger partial charge in [-0.2, -0.15) is 10.5 Å². The second kappa shape index (κ2) is 3.33. The molecule has 0 aliphatic rings. The zero-order valence-corrected chi connectivity index (χ0v) is 6.71. The number of nitrogens with zero attached hydrogens (tertiary/aromatic N) is 2. The minimum Gasteiger partial charge on any atom is -0.196 e. The molecule has 44 valence electrons. The molecule has 0 aliphatic carbocycles. The highest BCUT2D eigenvalue weighted by Gasteiger charge is 2.23. The normalized spacial score (nSPS) is 8.67. The number of hydrogen-bond acceptors (Lipinski definition) is 2. The molecule has 9 heavy (non-hydrogen) atoms. The zero-order valence-electron chi connectivity index (χ0n) is 4.56. The molecule has 0 aromatic rings.